The molecule has 0 spiro atoms. The molecule has 2 aromatic carbocycles. The molecule has 2 N–H and O–H groups in total. The molecule has 4 aromatic rings. The molecule has 2 aromatic heterocycles. The Bertz CT molecular complexity index is 1180. The minimum absolute atomic E-state index is 0.0721. The van der Waals surface area contributed by atoms with E-state index in [2.05, 4.69) is 63.7 Å². The lowest BCUT2D eigenvalue weighted by Crippen LogP contribution is -2.28. The van der Waals surface area contributed by atoms with Gasteiger partial charge in [0.15, 0.2) is 0 Å². The molecule has 0 fully saturated rings. The molecule has 0 saturated heterocycles. The van der Waals surface area contributed by atoms with E-state index in [4.69, 9.17) is 6.42 Å². The highest BCUT2D eigenvalue weighted by atomic mass is 15.2. The Morgan fingerprint density at radius 3 is 2.52 bits per heavy atom. The molecule has 29 heavy (non-hydrogen) atoms. The molecule has 5 nitrogen and oxygen atoms in total. The predicted molar refractivity (Wildman–Crippen MR) is 118 cm³/mol. The van der Waals surface area contributed by atoms with Gasteiger partial charge in [0, 0.05) is 34.2 Å². The first-order valence-electron chi connectivity index (χ1n) is 9.56. The smallest absolute Gasteiger partial charge is 0.148 e. The second-order valence-electron chi connectivity index (χ2n) is 7.84. The number of aromatic amines is 1. The number of rotatable bonds is 5. The molecule has 4 rings (SSSR count). The molecule has 0 aliphatic rings. The van der Waals surface area contributed by atoms with Gasteiger partial charge in [-0.3, -0.25) is 5.10 Å². The lowest BCUT2D eigenvalue weighted by Gasteiger charge is -2.26. The van der Waals surface area contributed by atoms with Crippen LogP contribution in [0.1, 0.15) is 30.7 Å². The fourth-order valence-corrected chi connectivity index (χ4v) is 3.31. The van der Waals surface area contributed by atoms with E-state index < -0.39 is 0 Å². The van der Waals surface area contributed by atoms with E-state index >= 15 is 0 Å². The van der Waals surface area contributed by atoms with Crippen LogP contribution < -0.4 is 5.32 Å². The molecule has 5 heteroatoms. The Morgan fingerprint density at radius 1 is 1.03 bits per heavy atom. The number of fused-ring (bicyclic) bond motifs is 1. The molecule has 0 amide bonds. The summed E-state index contributed by atoms with van der Waals surface area (Å²) in [6, 6.07) is 18.2. The Balaban J connectivity index is 1.47. The number of aryl methyl sites for hydroxylation is 1. The predicted octanol–water partition coefficient (Wildman–Crippen LogP) is 4.70. The van der Waals surface area contributed by atoms with Crippen molar-refractivity contribution in [2.45, 2.75) is 26.2 Å². The average molecular weight is 381 g/mol. The number of nitrogens with zero attached hydrogens (tertiary/aromatic N) is 3. The van der Waals surface area contributed by atoms with Crippen molar-refractivity contribution in [2.75, 3.05) is 11.9 Å². The molecule has 0 bridgehead atoms. The SMILES string of the molecule is C#Cc1ccc(C(C)(C)CNc2ccc(-c3ccc4n[nH]c(C)c4c3)nn2)cc1. The number of anilines is 1. The number of aromatic nitrogens is 4. The molecule has 144 valence electrons. The van der Waals surface area contributed by atoms with Gasteiger partial charge in [0.25, 0.3) is 0 Å². The standard InChI is InChI=1S/C24H23N5/c1-5-17-6-9-19(10-7-17)24(3,4)15-25-23-13-12-21(27-29-23)18-8-11-22-20(14-18)16(2)26-28-22/h1,6-14H,15H2,2-4H3,(H,25,29)(H,26,28). The van der Waals surface area contributed by atoms with E-state index in [1.807, 2.05) is 43.3 Å². The van der Waals surface area contributed by atoms with Crippen molar-refractivity contribution < 1.29 is 0 Å². The summed E-state index contributed by atoms with van der Waals surface area (Å²) in [7, 11) is 0. The maximum absolute atomic E-state index is 5.44. The summed E-state index contributed by atoms with van der Waals surface area (Å²) in [4.78, 5) is 0. The summed E-state index contributed by atoms with van der Waals surface area (Å²) >= 11 is 0. The molecular weight excluding hydrogens is 358 g/mol. The van der Waals surface area contributed by atoms with E-state index in [1.54, 1.807) is 0 Å². The zero-order valence-corrected chi connectivity index (χ0v) is 16.8. The summed E-state index contributed by atoms with van der Waals surface area (Å²) in [5, 5.41) is 20.5. The first-order chi connectivity index (χ1) is 14.0. The monoisotopic (exact) mass is 381 g/mol. The first kappa shape index (κ1) is 18.7. The fraction of sp³-hybridized carbons (Fsp3) is 0.208. The van der Waals surface area contributed by atoms with Crippen LogP contribution in [0.5, 0.6) is 0 Å². The summed E-state index contributed by atoms with van der Waals surface area (Å²) in [5.41, 5.74) is 5.90. The van der Waals surface area contributed by atoms with Crippen LogP contribution in [0.25, 0.3) is 22.2 Å². The Kier molecular flexibility index (Phi) is 4.77. The Morgan fingerprint density at radius 2 is 1.83 bits per heavy atom. The van der Waals surface area contributed by atoms with E-state index in [9.17, 15) is 0 Å². The number of H-pyrrole nitrogens is 1. The molecule has 0 aliphatic heterocycles. The van der Waals surface area contributed by atoms with Crippen LogP contribution in [0.3, 0.4) is 0 Å². The van der Waals surface area contributed by atoms with Crippen molar-refractivity contribution in [3.63, 3.8) is 0 Å². The minimum Gasteiger partial charge on any atom is -0.368 e. The van der Waals surface area contributed by atoms with Crippen LogP contribution in [-0.2, 0) is 5.41 Å². The third kappa shape index (κ3) is 3.83. The highest BCUT2D eigenvalue weighted by molar-refractivity contribution is 5.85. The molecule has 2 heterocycles. The van der Waals surface area contributed by atoms with Crippen molar-refractivity contribution in [2.24, 2.45) is 0 Å². The second kappa shape index (κ2) is 7.40. The Hall–Kier alpha value is -3.65. The lowest BCUT2D eigenvalue weighted by atomic mass is 9.84. The zero-order chi connectivity index (χ0) is 20.4. The number of terminal acetylenes is 1. The third-order valence-electron chi connectivity index (χ3n) is 5.25. The normalized spacial score (nSPS) is 11.4. The van der Waals surface area contributed by atoms with E-state index in [0.29, 0.717) is 0 Å². The van der Waals surface area contributed by atoms with Gasteiger partial charge in [0.2, 0.25) is 0 Å². The van der Waals surface area contributed by atoms with Gasteiger partial charge in [-0.2, -0.15) is 5.10 Å². The topological polar surface area (TPSA) is 66.5 Å². The number of hydrogen-bond donors (Lipinski definition) is 2. The number of nitrogens with one attached hydrogen (secondary N) is 2. The molecule has 0 saturated carbocycles. The Labute approximate surface area is 170 Å². The van der Waals surface area contributed by atoms with Crippen molar-refractivity contribution in [1.82, 2.24) is 20.4 Å². The van der Waals surface area contributed by atoms with Crippen molar-refractivity contribution >= 4 is 16.7 Å². The molecule has 0 aliphatic carbocycles. The van der Waals surface area contributed by atoms with Gasteiger partial charge in [-0.15, -0.1) is 16.6 Å². The third-order valence-corrected chi connectivity index (χ3v) is 5.25. The van der Waals surface area contributed by atoms with Crippen LogP contribution in [0.2, 0.25) is 0 Å². The van der Waals surface area contributed by atoms with Crippen molar-refractivity contribution in [1.29, 1.82) is 0 Å². The molecule has 0 unspecified atom stereocenters. The quantitative estimate of drug-likeness (QED) is 0.492. The van der Waals surface area contributed by atoms with E-state index in [0.717, 1.165) is 45.8 Å². The second-order valence-corrected chi connectivity index (χ2v) is 7.84. The van der Waals surface area contributed by atoms with Gasteiger partial charge >= 0.3 is 0 Å². The van der Waals surface area contributed by atoms with Gasteiger partial charge in [-0.25, -0.2) is 0 Å². The number of hydrogen-bond acceptors (Lipinski definition) is 4. The highest BCUT2D eigenvalue weighted by Gasteiger charge is 2.20. The van der Waals surface area contributed by atoms with Crippen LogP contribution in [0.4, 0.5) is 5.82 Å². The van der Waals surface area contributed by atoms with Crippen LogP contribution in [-0.4, -0.2) is 26.9 Å². The minimum atomic E-state index is -0.0721. The highest BCUT2D eigenvalue weighted by Crippen LogP contribution is 2.26. The van der Waals surface area contributed by atoms with Gasteiger partial charge < -0.3 is 5.32 Å². The zero-order valence-electron chi connectivity index (χ0n) is 16.8. The summed E-state index contributed by atoms with van der Waals surface area (Å²) in [6.07, 6.45) is 5.44. The summed E-state index contributed by atoms with van der Waals surface area (Å²) in [6.45, 7) is 7.13. The van der Waals surface area contributed by atoms with Crippen LogP contribution >= 0.6 is 0 Å². The fourth-order valence-electron chi connectivity index (χ4n) is 3.31. The van der Waals surface area contributed by atoms with Crippen LogP contribution in [0.15, 0.2) is 54.6 Å². The van der Waals surface area contributed by atoms with E-state index in [-0.39, 0.29) is 5.41 Å². The van der Waals surface area contributed by atoms with Gasteiger partial charge in [-0.1, -0.05) is 38.0 Å². The average Bonchev–Trinajstić information content (AvgIpc) is 3.13. The maximum Gasteiger partial charge on any atom is 0.148 e. The lowest BCUT2D eigenvalue weighted by molar-refractivity contribution is 0.555. The maximum atomic E-state index is 5.44. The van der Waals surface area contributed by atoms with Crippen LogP contribution in [0, 0.1) is 19.3 Å². The van der Waals surface area contributed by atoms with Crippen molar-refractivity contribution in [3.8, 4) is 23.6 Å². The van der Waals surface area contributed by atoms with Gasteiger partial charge in [-0.05, 0) is 48.9 Å². The number of benzene rings is 2. The van der Waals surface area contributed by atoms with Gasteiger partial charge in [0.1, 0.15) is 5.82 Å². The van der Waals surface area contributed by atoms with E-state index in [1.165, 1.54) is 5.56 Å². The molecule has 0 radical (unpaired) electrons. The summed E-state index contributed by atoms with van der Waals surface area (Å²) in [5.74, 6) is 3.41. The summed E-state index contributed by atoms with van der Waals surface area (Å²) < 4.78 is 0. The molecule has 0 atom stereocenters. The van der Waals surface area contributed by atoms with Gasteiger partial charge in [0.05, 0.1) is 11.2 Å². The molecular formula is C24H23N5. The first-order valence-corrected chi connectivity index (χ1v) is 9.56. The largest absolute Gasteiger partial charge is 0.368 e. The van der Waals surface area contributed by atoms with Crippen molar-refractivity contribution in [3.05, 3.63) is 71.4 Å².